The summed E-state index contributed by atoms with van der Waals surface area (Å²) in [4.78, 5) is -0.763. The Morgan fingerprint density at radius 1 is 0.647 bits per heavy atom. The molecule has 4 unspecified atom stereocenters. The van der Waals surface area contributed by atoms with E-state index in [1.54, 1.807) is 0 Å². The molecule has 0 aliphatic rings. The van der Waals surface area contributed by atoms with Gasteiger partial charge in [-0.1, -0.05) is 12.8 Å². The highest BCUT2D eigenvalue weighted by Gasteiger charge is 2.33. The van der Waals surface area contributed by atoms with Gasteiger partial charge in [-0.2, -0.15) is 0 Å². The smallest absolute Gasteiger partial charge is 0.125 e. The van der Waals surface area contributed by atoms with Crippen LogP contribution in [0.25, 0.3) is 0 Å². The number of unbranched alkanes of at least 4 members (excludes halogenated alkanes) is 2. The molecule has 0 aliphatic heterocycles. The molecule has 0 N–H and O–H groups in total. The molecule has 0 nitrogen and oxygen atoms in total. The fraction of sp³-hybridized carbons (Fsp3) is 1.00. The van der Waals surface area contributed by atoms with Crippen LogP contribution in [-0.4, -0.2) is 32.2 Å². The van der Waals surface area contributed by atoms with E-state index in [9.17, 15) is 0 Å². The van der Waals surface area contributed by atoms with Crippen molar-refractivity contribution in [2.75, 3.05) is 5.88 Å². The van der Waals surface area contributed by atoms with Crippen LogP contribution in [0.4, 0.5) is 0 Å². The maximum atomic E-state index is 6.16. The number of hydrogen-bond acceptors (Lipinski definition) is 0. The van der Waals surface area contributed by atoms with E-state index in [0.717, 1.165) is 25.7 Å². The van der Waals surface area contributed by atoms with Gasteiger partial charge in [0.2, 0.25) is 0 Å². The monoisotopic (exact) mass is 380 g/mol. The van der Waals surface area contributed by atoms with Crippen LogP contribution in [0.1, 0.15) is 25.7 Å². The van der Waals surface area contributed by atoms with Gasteiger partial charge in [-0.05, 0) is 12.8 Å². The lowest BCUT2D eigenvalue weighted by Gasteiger charge is -2.25. The summed E-state index contributed by atoms with van der Waals surface area (Å²) in [5.41, 5.74) is 0. The number of alkyl halides is 7. The maximum absolute atomic E-state index is 6.16. The summed E-state index contributed by atoms with van der Waals surface area (Å²) in [7, 11) is 0. The summed E-state index contributed by atoms with van der Waals surface area (Å²) in [6, 6.07) is 0. The molecule has 0 saturated heterocycles. The SMILES string of the molecule is ClCCCCCC(Cl)C(Cl)C(Cl)C(Cl)C(Cl)Cl. The lowest BCUT2D eigenvalue weighted by atomic mass is 10.1. The Labute approximate surface area is 138 Å². The molecular weight excluding hydrogens is 368 g/mol. The van der Waals surface area contributed by atoms with Crippen molar-refractivity contribution in [1.82, 2.24) is 0 Å². The van der Waals surface area contributed by atoms with E-state index in [1.807, 2.05) is 0 Å². The van der Waals surface area contributed by atoms with Crippen LogP contribution in [0, 0.1) is 0 Å². The Kier molecular flexibility index (Phi) is 12.1. The average Bonchev–Trinajstić information content (AvgIpc) is 2.31. The maximum Gasteiger partial charge on any atom is 0.125 e. The Balaban J connectivity index is 3.98. The van der Waals surface area contributed by atoms with Gasteiger partial charge in [0, 0.05) is 5.88 Å². The molecule has 0 aromatic rings. The zero-order chi connectivity index (χ0) is 13.4. The van der Waals surface area contributed by atoms with Crippen molar-refractivity contribution in [3.8, 4) is 0 Å². The van der Waals surface area contributed by atoms with E-state index in [1.165, 1.54) is 0 Å². The molecule has 0 spiro atoms. The van der Waals surface area contributed by atoms with Gasteiger partial charge < -0.3 is 0 Å². The fourth-order valence-electron chi connectivity index (χ4n) is 1.28. The van der Waals surface area contributed by atoms with Crippen molar-refractivity contribution in [2.24, 2.45) is 0 Å². The molecule has 0 aromatic heterocycles. The van der Waals surface area contributed by atoms with E-state index in [-0.39, 0.29) is 5.38 Å². The normalized spacial score (nSPS) is 19.1. The summed E-state index contributed by atoms with van der Waals surface area (Å²) in [5.74, 6) is 0.666. The van der Waals surface area contributed by atoms with E-state index in [4.69, 9.17) is 81.2 Å². The standard InChI is InChI=1S/C10H15Cl7/c11-5-3-1-2-4-6(12)7(13)8(14)9(15)10(16)17/h6-10H,1-5H2. The molecular formula is C10H15Cl7. The zero-order valence-electron chi connectivity index (χ0n) is 9.07. The molecule has 0 saturated carbocycles. The van der Waals surface area contributed by atoms with E-state index >= 15 is 0 Å². The van der Waals surface area contributed by atoms with Crippen LogP contribution in [0.5, 0.6) is 0 Å². The van der Waals surface area contributed by atoms with Crippen molar-refractivity contribution in [2.45, 2.75) is 52.0 Å². The molecule has 0 fully saturated rings. The first-order valence-electron chi connectivity index (χ1n) is 5.32. The lowest BCUT2D eigenvalue weighted by Crippen LogP contribution is -2.35. The lowest BCUT2D eigenvalue weighted by molar-refractivity contribution is 0.601. The van der Waals surface area contributed by atoms with E-state index < -0.39 is 21.0 Å². The highest BCUT2D eigenvalue weighted by molar-refractivity contribution is 6.50. The van der Waals surface area contributed by atoms with Crippen LogP contribution in [-0.2, 0) is 0 Å². The minimum Gasteiger partial charge on any atom is -0.127 e. The van der Waals surface area contributed by atoms with Gasteiger partial charge in [0.15, 0.2) is 0 Å². The number of rotatable bonds is 9. The van der Waals surface area contributed by atoms with Crippen LogP contribution in [0.2, 0.25) is 0 Å². The van der Waals surface area contributed by atoms with Gasteiger partial charge in [0.25, 0.3) is 0 Å². The minimum atomic E-state index is -0.763. The Morgan fingerprint density at radius 3 is 1.71 bits per heavy atom. The van der Waals surface area contributed by atoms with Gasteiger partial charge in [-0.25, -0.2) is 0 Å². The van der Waals surface area contributed by atoms with Crippen LogP contribution in [0.3, 0.4) is 0 Å². The topological polar surface area (TPSA) is 0 Å². The second-order valence-electron chi connectivity index (χ2n) is 3.72. The number of hydrogen-bond donors (Lipinski definition) is 0. The summed E-state index contributed by atoms with van der Waals surface area (Å²) in [6.07, 6.45) is 3.74. The van der Waals surface area contributed by atoms with Gasteiger partial charge >= 0.3 is 0 Å². The Bertz CT molecular complexity index is 187. The van der Waals surface area contributed by atoms with Gasteiger partial charge in [-0.3, -0.25) is 0 Å². The summed E-state index contributed by atoms with van der Waals surface area (Å²) in [5, 5.41) is -1.89. The Hall–Kier alpha value is 2.03. The fourth-order valence-corrected chi connectivity index (χ4v) is 3.16. The predicted octanol–water partition coefficient (Wildman–Crippen LogP) is 6.02. The number of halogens is 7. The molecule has 104 valence electrons. The van der Waals surface area contributed by atoms with Gasteiger partial charge in [0.05, 0.1) is 21.5 Å². The second kappa shape index (κ2) is 10.8. The molecule has 0 rings (SSSR count). The first-order chi connectivity index (χ1) is 7.91. The first-order valence-corrected chi connectivity index (χ1v) is 8.47. The van der Waals surface area contributed by atoms with Gasteiger partial charge in [0.1, 0.15) is 4.84 Å². The van der Waals surface area contributed by atoms with Crippen LogP contribution in [0.15, 0.2) is 0 Å². The average molecular weight is 383 g/mol. The summed E-state index contributed by atoms with van der Waals surface area (Å²) >= 11 is 41.2. The highest BCUT2D eigenvalue weighted by Crippen LogP contribution is 2.31. The summed E-state index contributed by atoms with van der Waals surface area (Å²) < 4.78 is 0. The van der Waals surface area contributed by atoms with Crippen LogP contribution < -0.4 is 0 Å². The molecule has 7 heteroatoms. The highest BCUT2D eigenvalue weighted by atomic mass is 35.5. The minimum absolute atomic E-state index is 0.247. The van der Waals surface area contributed by atoms with E-state index in [2.05, 4.69) is 0 Å². The molecule has 0 bridgehead atoms. The third-order valence-electron chi connectivity index (χ3n) is 2.31. The molecule has 17 heavy (non-hydrogen) atoms. The molecule has 0 aromatic carbocycles. The molecule has 0 aliphatic carbocycles. The third-order valence-corrected chi connectivity index (χ3v) is 5.89. The Morgan fingerprint density at radius 2 is 1.24 bits per heavy atom. The van der Waals surface area contributed by atoms with E-state index in [0.29, 0.717) is 5.88 Å². The molecule has 0 amide bonds. The second-order valence-corrected chi connectivity index (χ2v) is 7.34. The molecule has 0 radical (unpaired) electrons. The third kappa shape index (κ3) is 8.02. The quantitative estimate of drug-likeness (QED) is 0.337. The predicted molar refractivity (Wildman–Crippen MR) is 83.2 cm³/mol. The van der Waals surface area contributed by atoms with Gasteiger partial charge in [-0.15, -0.1) is 81.2 Å². The summed E-state index contributed by atoms with van der Waals surface area (Å²) in [6.45, 7) is 0. The van der Waals surface area contributed by atoms with Crippen molar-refractivity contribution in [1.29, 1.82) is 0 Å². The molecule has 0 heterocycles. The van der Waals surface area contributed by atoms with Crippen molar-refractivity contribution < 1.29 is 0 Å². The largest absolute Gasteiger partial charge is 0.127 e. The van der Waals surface area contributed by atoms with Crippen molar-refractivity contribution in [3.63, 3.8) is 0 Å². The molecule has 4 atom stereocenters. The zero-order valence-corrected chi connectivity index (χ0v) is 14.4. The van der Waals surface area contributed by atoms with Crippen LogP contribution >= 0.6 is 81.2 Å². The van der Waals surface area contributed by atoms with Crippen molar-refractivity contribution >= 4 is 81.2 Å². The first kappa shape index (κ1) is 19.0. The van der Waals surface area contributed by atoms with Crippen molar-refractivity contribution in [3.05, 3.63) is 0 Å².